The second kappa shape index (κ2) is 5.32. The lowest BCUT2D eigenvalue weighted by Gasteiger charge is -2.09. The summed E-state index contributed by atoms with van der Waals surface area (Å²) in [7, 11) is 1.60. The highest BCUT2D eigenvalue weighted by Gasteiger charge is 2.09. The molecule has 0 spiro atoms. The topological polar surface area (TPSA) is 52.1 Å². The highest BCUT2D eigenvalue weighted by atomic mass is 16.5. The summed E-state index contributed by atoms with van der Waals surface area (Å²) in [4.78, 5) is 19.6. The Hall–Kier alpha value is -2.75. The maximum Gasteiger partial charge on any atom is 0.222 e. The molecule has 4 nitrogen and oxygen atoms in total. The smallest absolute Gasteiger partial charge is 0.222 e. The first-order valence-corrected chi connectivity index (χ1v) is 6.59. The van der Waals surface area contributed by atoms with Crippen LogP contribution in [-0.4, -0.2) is 23.4 Å². The minimum absolute atomic E-state index is 0.575. The van der Waals surface area contributed by atoms with Gasteiger partial charge in [0.05, 0.1) is 23.7 Å². The quantitative estimate of drug-likeness (QED) is 0.689. The summed E-state index contributed by atoms with van der Waals surface area (Å²) in [6.07, 6.45) is 2.52. The van der Waals surface area contributed by atoms with E-state index in [1.807, 2.05) is 31.2 Å². The first-order chi connectivity index (χ1) is 10.2. The molecule has 0 aliphatic heterocycles. The van der Waals surface area contributed by atoms with E-state index in [0.717, 1.165) is 34.0 Å². The SMILES string of the molecule is COc1nccc2nc(-c3ccc(C=O)cc3)c(C)cc12. The normalized spacial score (nSPS) is 10.6. The zero-order valence-electron chi connectivity index (χ0n) is 11.8. The number of fused-ring (bicyclic) bond motifs is 1. The molecule has 2 aromatic heterocycles. The van der Waals surface area contributed by atoms with Gasteiger partial charge in [0, 0.05) is 17.3 Å². The van der Waals surface area contributed by atoms with Gasteiger partial charge in [-0.1, -0.05) is 24.3 Å². The number of aromatic nitrogens is 2. The summed E-state index contributed by atoms with van der Waals surface area (Å²) in [5.41, 5.74) is 4.40. The fraction of sp³-hybridized carbons (Fsp3) is 0.118. The van der Waals surface area contributed by atoms with E-state index in [0.29, 0.717) is 11.4 Å². The highest BCUT2D eigenvalue weighted by molar-refractivity contribution is 5.87. The minimum Gasteiger partial charge on any atom is -0.481 e. The molecule has 0 saturated carbocycles. The molecule has 1 aromatic carbocycles. The van der Waals surface area contributed by atoms with Crippen molar-refractivity contribution < 1.29 is 9.53 Å². The second-order valence-electron chi connectivity index (χ2n) is 4.78. The van der Waals surface area contributed by atoms with Gasteiger partial charge in [-0.25, -0.2) is 9.97 Å². The van der Waals surface area contributed by atoms with Crippen molar-refractivity contribution in [3.05, 3.63) is 53.7 Å². The summed E-state index contributed by atoms with van der Waals surface area (Å²) in [5, 5.41) is 0.894. The third kappa shape index (κ3) is 2.36. The second-order valence-corrected chi connectivity index (χ2v) is 4.78. The number of pyridine rings is 2. The van der Waals surface area contributed by atoms with E-state index in [1.165, 1.54) is 0 Å². The van der Waals surface area contributed by atoms with Crippen LogP contribution in [0.15, 0.2) is 42.6 Å². The summed E-state index contributed by atoms with van der Waals surface area (Å²) in [5.74, 6) is 0.575. The van der Waals surface area contributed by atoms with E-state index in [2.05, 4.69) is 4.98 Å². The Kier molecular flexibility index (Phi) is 3.36. The number of hydrogen-bond acceptors (Lipinski definition) is 4. The summed E-state index contributed by atoms with van der Waals surface area (Å²) >= 11 is 0. The molecule has 0 aliphatic carbocycles. The van der Waals surface area contributed by atoms with Crippen LogP contribution in [0, 0.1) is 6.92 Å². The largest absolute Gasteiger partial charge is 0.481 e. The molecule has 21 heavy (non-hydrogen) atoms. The van der Waals surface area contributed by atoms with Gasteiger partial charge in [0.1, 0.15) is 6.29 Å². The van der Waals surface area contributed by atoms with Crippen LogP contribution in [0.2, 0.25) is 0 Å². The van der Waals surface area contributed by atoms with Crippen LogP contribution < -0.4 is 4.74 Å². The van der Waals surface area contributed by atoms with Gasteiger partial charge in [-0.3, -0.25) is 4.79 Å². The molecular formula is C17H14N2O2. The monoisotopic (exact) mass is 278 g/mol. The Labute approximate surface area is 122 Å². The number of carbonyl (C=O) groups excluding carboxylic acids is 1. The van der Waals surface area contributed by atoms with Gasteiger partial charge < -0.3 is 4.74 Å². The molecular weight excluding hydrogens is 264 g/mol. The Balaban J connectivity index is 2.18. The molecule has 0 unspecified atom stereocenters. The van der Waals surface area contributed by atoms with Crippen molar-refractivity contribution >= 4 is 17.2 Å². The number of methoxy groups -OCH3 is 1. The van der Waals surface area contributed by atoms with Gasteiger partial charge in [-0.15, -0.1) is 0 Å². The highest BCUT2D eigenvalue weighted by Crippen LogP contribution is 2.28. The van der Waals surface area contributed by atoms with Gasteiger partial charge in [0.2, 0.25) is 5.88 Å². The van der Waals surface area contributed by atoms with E-state index in [4.69, 9.17) is 9.72 Å². The van der Waals surface area contributed by atoms with E-state index >= 15 is 0 Å². The van der Waals surface area contributed by atoms with E-state index in [9.17, 15) is 4.79 Å². The molecule has 0 amide bonds. The lowest BCUT2D eigenvalue weighted by Crippen LogP contribution is -1.94. The molecule has 0 fully saturated rings. The Bertz CT molecular complexity index is 811. The third-order valence-electron chi connectivity index (χ3n) is 3.41. The van der Waals surface area contributed by atoms with Gasteiger partial charge in [0.25, 0.3) is 0 Å². The lowest BCUT2D eigenvalue weighted by molar-refractivity contribution is 0.112. The fourth-order valence-corrected chi connectivity index (χ4v) is 2.35. The molecule has 4 heteroatoms. The average Bonchev–Trinajstić information content (AvgIpc) is 2.54. The Morgan fingerprint density at radius 1 is 1.14 bits per heavy atom. The fourth-order valence-electron chi connectivity index (χ4n) is 2.35. The average molecular weight is 278 g/mol. The summed E-state index contributed by atoms with van der Waals surface area (Å²) in [6.45, 7) is 2.00. The number of aldehydes is 1. The molecule has 3 aromatic rings. The van der Waals surface area contributed by atoms with Gasteiger partial charge in [0.15, 0.2) is 0 Å². The van der Waals surface area contributed by atoms with Crippen molar-refractivity contribution in [1.82, 2.24) is 9.97 Å². The number of benzene rings is 1. The summed E-state index contributed by atoms with van der Waals surface area (Å²) in [6, 6.07) is 11.3. The molecule has 0 aliphatic rings. The van der Waals surface area contributed by atoms with Crippen molar-refractivity contribution in [2.24, 2.45) is 0 Å². The number of hydrogen-bond donors (Lipinski definition) is 0. The van der Waals surface area contributed by atoms with Crippen LogP contribution in [0.25, 0.3) is 22.2 Å². The molecule has 2 heterocycles. The third-order valence-corrected chi connectivity index (χ3v) is 3.41. The molecule has 104 valence electrons. The van der Waals surface area contributed by atoms with Crippen LogP contribution in [0.3, 0.4) is 0 Å². The number of rotatable bonds is 3. The van der Waals surface area contributed by atoms with Crippen LogP contribution in [0.4, 0.5) is 0 Å². The number of aryl methyl sites for hydroxylation is 1. The Morgan fingerprint density at radius 2 is 1.90 bits per heavy atom. The predicted octanol–water partition coefficient (Wildman–Crippen LogP) is 3.43. The van der Waals surface area contributed by atoms with E-state index < -0.39 is 0 Å². The molecule has 0 atom stereocenters. The first-order valence-electron chi connectivity index (χ1n) is 6.59. The van der Waals surface area contributed by atoms with E-state index in [1.54, 1.807) is 25.4 Å². The van der Waals surface area contributed by atoms with Gasteiger partial charge >= 0.3 is 0 Å². The van der Waals surface area contributed by atoms with Gasteiger partial charge in [-0.2, -0.15) is 0 Å². The number of carbonyl (C=O) groups is 1. The van der Waals surface area contributed by atoms with Crippen molar-refractivity contribution in [3.8, 4) is 17.1 Å². The maximum atomic E-state index is 10.7. The summed E-state index contributed by atoms with van der Waals surface area (Å²) < 4.78 is 5.27. The molecule has 3 rings (SSSR count). The minimum atomic E-state index is 0.575. The standard InChI is InChI=1S/C17H14N2O2/c1-11-9-14-15(7-8-18-17(14)21-2)19-16(11)13-5-3-12(10-20)4-6-13/h3-10H,1-2H3. The first kappa shape index (κ1) is 13.2. The zero-order chi connectivity index (χ0) is 14.8. The van der Waals surface area contributed by atoms with Crippen LogP contribution in [-0.2, 0) is 0 Å². The Morgan fingerprint density at radius 3 is 2.57 bits per heavy atom. The van der Waals surface area contributed by atoms with Crippen molar-refractivity contribution in [2.45, 2.75) is 6.92 Å². The zero-order valence-corrected chi connectivity index (χ0v) is 11.8. The molecule has 0 N–H and O–H groups in total. The van der Waals surface area contributed by atoms with Crippen molar-refractivity contribution in [3.63, 3.8) is 0 Å². The molecule has 0 saturated heterocycles. The molecule has 0 bridgehead atoms. The van der Waals surface area contributed by atoms with Crippen molar-refractivity contribution in [1.29, 1.82) is 0 Å². The van der Waals surface area contributed by atoms with Gasteiger partial charge in [-0.05, 0) is 24.6 Å². The molecule has 0 radical (unpaired) electrons. The van der Waals surface area contributed by atoms with Crippen LogP contribution in [0.1, 0.15) is 15.9 Å². The maximum absolute atomic E-state index is 10.7. The number of nitrogens with zero attached hydrogens (tertiary/aromatic N) is 2. The van der Waals surface area contributed by atoms with Crippen LogP contribution >= 0.6 is 0 Å². The van der Waals surface area contributed by atoms with Crippen molar-refractivity contribution in [2.75, 3.05) is 7.11 Å². The van der Waals surface area contributed by atoms with Crippen LogP contribution in [0.5, 0.6) is 5.88 Å². The lowest BCUT2D eigenvalue weighted by atomic mass is 10.0. The number of ether oxygens (including phenoxy) is 1. The predicted molar refractivity (Wildman–Crippen MR) is 81.7 cm³/mol. The van der Waals surface area contributed by atoms with E-state index in [-0.39, 0.29) is 0 Å².